The second-order valence-corrected chi connectivity index (χ2v) is 8.20. The highest BCUT2D eigenvalue weighted by Gasteiger charge is 2.19. The van der Waals surface area contributed by atoms with Crippen molar-refractivity contribution in [3.8, 4) is 16.9 Å². The number of carbonyl (C=O) groups excluding carboxylic acids is 1. The summed E-state index contributed by atoms with van der Waals surface area (Å²) in [5.41, 5.74) is 4.66. The van der Waals surface area contributed by atoms with E-state index in [4.69, 9.17) is 0 Å². The smallest absolute Gasteiger partial charge is 0.260 e. The average molecular weight is 467 g/mol. The van der Waals surface area contributed by atoms with Gasteiger partial charge in [-0.05, 0) is 55.3 Å². The zero-order valence-electron chi connectivity index (χ0n) is 19.1. The van der Waals surface area contributed by atoms with Gasteiger partial charge in [-0.1, -0.05) is 29.8 Å². The molecule has 0 fully saturated rings. The Hall–Kier alpha value is -4.59. The molecule has 0 radical (unpaired) electrons. The van der Waals surface area contributed by atoms with Crippen LogP contribution in [0.1, 0.15) is 21.5 Å². The minimum atomic E-state index is -0.336. The summed E-state index contributed by atoms with van der Waals surface area (Å²) in [6, 6.07) is 19.5. The van der Waals surface area contributed by atoms with Crippen molar-refractivity contribution < 1.29 is 9.18 Å². The van der Waals surface area contributed by atoms with Crippen molar-refractivity contribution in [3.05, 3.63) is 114 Å². The van der Waals surface area contributed by atoms with Crippen molar-refractivity contribution in [2.24, 2.45) is 0 Å². The third-order valence-corrected chi connectivity index (χ3v) is 5.64. The van der Waals surface area contributed by atoms with Crippen LogP contribution in [0.25, 0.3) is 16.9 Å². The number of hydrogen-bond acceptors (Lipinski definition) is 4. The van der Waals surface area contributed by atoms with Crippen molar-refractivity contribution in [3.63, 3.8) is 0 Å². The molecule has 7 nitrogen and oxygen atoms in total. The van der Waals surface area contributed by atoms with Crippen LogP contribution in [0.5, 0.6) is 0 Å². The maximum absolute atomic E-state index is 13.4. The van der Waals surface area contributed by atoms with Gasteiger partial charge in [0.25, 0.3) is 5.91 Å². The van der Waals surface area contributed by atoms with E-state index >= 15 is 0 Å². The number of amides is 1. The van der Waals surface area contributed by atoms with Crippen LogP contribution < -0.4 is 5.32 Å². The molecule has 1 amide bonds. The molecule has 0 unspecified atom stereocenters. The van der Waals surface area contributed by atoms with Crippen LogP contribution in [0.3, 0.4) is 0 Å². The molecular formula is C27H23FN6O. The van der Waals surface area contributed by atoms with Crippen LogP contribution in [0.4, 0.5) is 10.2 Å². The van der Waals surface area contributed by atoms with E-state index in [1.165, 1.54) is 12.1 Å². The Balaban J connectivity index is 1.39. The fourth-order valence-corrected chi connectivity index (χ4v) is 3.72. The highest BCUT2D eigenvalue weighted by atomic mass is 19.1. The molecule has 5 rings (SSSR count). The predicted molar refractivity (Wildman–Crippen MR) is 132 cm³/mol. The Morgan fingerprint density at radius 2 is 1.69 bits per heavy atom. The molecule has 0 saturated heterocycles. The van der Waals surface area contributed by atoms with Gasteiger partial charge in [0.2, 0.25) is 0 Å². The highest BCUT2D eigenvalue weighted by Crippen LogP contribution is 2.25. The number of rotatable bonds is 7. The van der Waals surface area contributed by atoms with Gasteiger partial charge in [0.15, 0.2) is 5.82 Å². The van der Waals surface area contributed by atoms with Crippen LogP contribution in [0.2, 0.25) is 0 Å². The molecule has 0 saturated carbocycles. The number of aryl methyl sites for hydroxylation is 3. The largest absolute Gasteiger partial charge is 0.305 e. The highest BCUT2D eigenvalue weighted by molar-refractivity contribution is 6.07. The third kappa shape index (κ3) is 5.16. The average Bonchev–Trinajstić information content (AvgIpc) is 3.52. The van der Waals surface area contributed by atoms with E-state index in [1.807, 2.05) is 49.5 Å². The van der Waals surface area contributed by atoms with Gasteiger partial charge in [-0.25, -0.2) is 9.07 Å². The lowest BCUT2D eigenvalue weighted by molar-refractivity contribution is 0.102. The van der Waals surface area contributed by atoms with E-state index in [1.54, 1.807) is 46.2 Å². The van der Waals surface area contributed by atoms with Crippen LogP contribution in [-0.2, 0) is 13.0 Å². The standard InChI is InChI=1S/C27H23FN6O/c1-19-2-4-21(5-3-19)26-24(18-34(32-26)23-8-6-22(28)7-9-23)27(35)30-25-13-17-33(31-25)16-12-20-10-14-29-15-11-20/h2-11,13-15,17-18H,12,16H2,1H3,(H,30,31,35). The van der Waals surface area contributed by atoms with Gasteiger partial charge in [0.05, 0.1) is 11.3 Å². The Morgan fingerprint density at radius 1 is 0.943 bits per heavy atom. The molecule has 5 aromatic rings. The van der Waals surface area contributed by atoms with E-state index < -0.39 is 0 Å². The summed E-state index contributed by atoms with van der Waals surface area (Å²) in [6.45, 7) is 2.68. The number of pyridine rings is 1. The number of halogens is 1. The molecule has 8 heteroatoms. The topological polar surface area (TPSA) is 77.6 Å². The molecule has 0 atom stereocenters. The van der Waals surface area contributed by atoms with Crippen molar-refractivity contribution in [2.45, 2.75) is 19.9 Å². The summed E-state index contributed by atoms with van der Waals surface area (Å²) in [7, 11) is 0. The van der Waals surface area contributed by atoms with Gasteiger partial charge >= 0.3 is 0 Å². The second-order valence-electron chi connectivity index (χ2n) is 8.20. The number of nitrogens with one attached hydrogen (secondary N) is 1. The van der Waals surface area contributed by atoms with E-state index in [0.29, 0.717) is 29.3 Å². The third-order valence-electron chi connectivity index (χ3n) is 5.64. The second kappa shape index (κ2) is 9.72. The van der Waals surface area contributed by atoms with Crippen molar-refractivity contribution in [1.82, 2.24) is 24.5 Å². The summed E-state index contributed by atoms with van der Waals surface area (Å²) >= 11 is 0. The Morgan fingerprint density at radius 3 is 2.43 bits per heavy atom. The molecule has 0 aliphatic heterocycles. The molecule has 1 N–H and O–H groups in total. The van der Waals surface area contributed by atoms with Gasteiger partial charge in [-0.15, -0.1) is 0 Å². The zero-order valence-corrected chi connectivity index (χ0v) is 19.1. The quantitative estimate of drug-likeness (QED) is 0.363. The first kappa shape index (κ1) is 22.2. The Kier molecular flexibility index (Phi) is 6.17. The monoisotopic (exact) mass is 466 g/mol. The number of benzene rings is 2. The molecule has 174 valence electrons. The molecule has 3 heterocycles. The molecule has 0 aliphatic carbocycles. The molecular weight excluding hydrogens is 443 g/mol. The SMILES string of the molecule is Cc1ccc(-c2nn(-c3ccc(F)cc3)cc2C(=O)Nc2ccn(CCc3ccncc3)n2)cc1. The minimum Gasteiger partial charge on any atom is -0.305 e. The number of anilines is 1. The summed E-state index contributed by atoms with van der Waals surface area (Å²) in [6.07, 6.45) is 7.82. The van der Waals surface area contributed by atoms with Crippen LogP contribution >= 0.6 is 0 Å². The predicted octanol–water partition coefficient (Wildman–Crippen LogP) is 5.07. The summed E-state index contributed by atoms with van der Waals surface area (Å²) in [5.74, 6) is -0.209. The van der Waals surface area contributed by atoms with Crippen LogP contribution in [0.15, 0.2) is 91.5 Å². The van der Waals surface area contributed by atoms with E-state index in [0.717, 1.165) is 23.1 Å². The number of hydrogen-bond donors (Lipinski definition) is 1. The van der Waals surface area contributed by atoms with Gasteiger partial charge in [0.1, 0.15) is 11.5 Å². The lowest BCUT2D eigenvalue weighted by Gasteiger charge is -2.04. The molecule has 2 aromatic carbocycles. The van der Waals surface area contributed by atoms with Gasteiger partial charge in [-0.2, -0.15) is 10.2 Å². The first-order valence-electron chi connectivity index (χ1n) is 11.2. The fraction of sp³-hybridized carbons (Fsp3) is 0.111. The van der Waals surface area contributed by atoms with Crippen LogP contribution in [0, 0.1) is 12.7 Å². The Labute approximate surface area is 201 Å². The summed E-state index contributed by atoms with van der Waals surface area (Å²) in [5, 5.41) is 12.0. The lowest BCUT2D eigenvalue weighted by atomic mass is 10.1. The minimum absolute atomic E-state index is 0.326. The first-order valence-corrected chi connectivity index (χ1v) is 11.2. The van der Waals surface area contributed by atoms with Crippen molar-refractivity contribution in [2.75, 3.05) is 5.32 Å². The number of nitrogens with zero attached hydrogens (tertiary/aromatic N) is 5. The van der Waals surface area contributed by atoms with Crippen molar-refractivity contribution >= 4 is 11.7 Å². The normalized spacial score (nSPS) is 10.9. The fourth-order valence-electron chi connectivity index (χ4n) is 3.72. The summed E-state index contributed by atoms with van der Waals surface area (Å²) in [4.78, 5) is 17.3. The van der Waals surface area contributed by atoms with E-state index in [9.17, 15) is 9.18 Å². The molecule has 0 aliphatic rings. The maximum atomic E-state index is 13.4. The van der Waals surface area contributed by atoms with Crippen LogP contribution in [-0.4, -0.2) is 30.5 Å². The Bertz CT molecular complexity index is 1440. The molecule has 3 aromatic heterocycles. The molecule has 35 heavy (non-hydrogen) atoms. The number of aromatic nitrogens is 5. The lowest BCUT2D eigenvalue weighted by Crippen LogP contribution is -2.13. The number of carbonyl (C=O) groups is 1. The van der Waals surface area contributed by atoms with Gasteiger partial charge < -0.3 is 5.32 Å². The van der Waals surface area contributed by atoms with E-state index in [2.05, 4.69) is 20.5 Å². The van der Waals surface area contributed by atoms with Gasteiger partial charge in [0, 0.05) is 43.0 Å². The maximum Gasteiger partial charge on any atom is 0.260 e. The molecule has 0 bridgehead atoms. The zero-order chi connectivity index (χ0) is 24.2. The van der Waals surface area contributed by atoms with Gasteiger partial charge in [-0.3, -0.25) is 14.5 Å². The van der Waals surface area contributed by atoms with Crippen molar-refractivity contribution in [1.29, 1.82) is 0 Å². The first-order chi connectivity index (χ1) is 17.0. The summed E-state index contributed by atoms with van der Waals surface area (Å²) < 4.78 is 16.8. The molecule has 0 spiro atoms. The van der Waals surface area contributed by atoms with E-state index in [-0.39, 0.29) is 11.7 Å².